The number of fused-ring (bicyclic) bond motifs is 1. The molecule has 9 heteroatoms. The Hall–Kier alpha value is -5.25. The summed E-state index contributed by atoms with van der Waals surface area (Å²) in [7, 11) is 4.11. The third-order valence-corrected chi connectivity index (χ3v) is 8.93. The van der Waals surface area contributed by atoms with E-state index in [2.05, 4.69) is 35.2 Å². The maximum Gasteiger partial charge on any atom is 0.255 e. The Morgan fingerprint density at radius 3 is 2.38 bits per heavy atom. The molecule has 0 spiro atoms. The van der Waals surface area contributed by atoms with Gasteiger partial charge in [-0.3, -0.25) is 9.69 Å². The first kappa shape index (κ1) is 30.4. The van der Waals surface area contributed by atoms with Crippen LogP contribution in [-0.2, 0) is 13.6 Å². The Balaban J connectivity index is 1.11. The van der Waals surface area contributed by atoms with E-state index in [1.807, 2.05) is 85.4 Å². The molecule has 0 aliphatic carbocycles. The number of rotatable bonds is 8. The molecule has 6 aromatic rings. The molecule has 1 fully saturated rings. The smallest absolute Gasteiger partial charge is 0.255 e. The van der Waals surface area contributed by atoms with E-state index in [4.69, 9.17) is 19.1 Å². The van der Waals surface area contributed by atoms with Crippen molar-refractivity contribution in [3.63, 3.8) is 0 Å². The molecule has 1 N–H and O–H groups in total. The van der Waals surface area contributed by atoms with E-state index < -0.39 is 0 Å². The normalized spacial score (nSPS) is 14.0. The standard InChI is InChI=1S/C38H38N6O3/c1-25-5-6-29(37(45)39-32-12-11-30(26(2)21-32)23-44-18-16-42(3)17-19-44)22-34(25)47-38-35-33(13-15-43(35)4)40-36(41-38)28-9-7-27(8-10-28)31-14-20-46-24-31/h5-15,20-22,24H,16-19,23H2,1-4H3,(H,39,45). The zero-order valence-electron chi connectivity index (χ0n) is 27.2. The molecule has 238 valence electrons. The highest BCUT2D eigenvalue weighted by Crippen LogP contribution is 2.33. The van der Waals surface area contributed by atoms with Crippen molar-refractivity contribution in [2.45, 2.75) is 20.4 Å². The third kappa shape index (κ3) is 6.54. The molecule has 1 saturated heterocycles. The van der Waals surface area contributed by atoms with E-state index in [1.165, 1.54) is 5.56 Å². The van der Waals surface area contributed by atoms with Crippen LogP contribution in [0.3, 0.4) is 0 Å². The minimum Gasteiger partial charge on any atom is -0.472 e. The van der Waals surface area contributed by atoms with E-state index in [0.29, 0.717) is 23.0 Å². The maximum absolute atomic E-state index is 13.4. The van der Waals surface area contributed by atoms with Gasteiger partial charge in [0.15, 0.2) is 5.82 Å². The largest absolute Gasteiger partial charge is 0.472 e. The number of anilines is 1. The molecular formula is C38H38N6O3. The minimum absolute atomic E-state index is 0.203. The summed E-state index contributed by atoms with van der Waals surface area (Å²) < 4.78 is 13.7. The maximum atomic E-state index is 13.4. The molecule has 9 nitrogen and oxygen atoms in total. The zero-order chi connectivity index (χ0) is 32.5. The molecular weight excluding hydrogens is 588 g/mol. The van der Waals surface area contributed by atoms with Gasteiger partial charge < -0.3 is 23.9 Å². The lowest BCUT2D eigenvalue weighted by molar-refractivity contribution is 0.102. The van der Waals surface area contributed by atoms with Crippen molar-refractivity contribution in [2.24, 2.45) is 7.05 Å². The number of amides is 1. The Bertz CT molecular complexity index is 2040. The van der Waals surface area contributed by atoms with Gasteiger partial charge in [0, 0.05) is 68.3 Å². The Kier molecular flexibility index (Phi) is 8.32. The van der Waals surface area contributed by atoms with Crippen LogP contribution in [0, 0.1) is 13.8 Å². The van der Waals surface area contributed by atoms with E-state index >= 15 is 0 Å². The summed E-state index contributed by atoms with van der Waals surface area (Å²) >= 11 is 0. The van der Waals surface area contributed by atoms with Crippen molar-refractivity contribution >= 4 is 22.6 Å². The fourth-order valence-corrected chi connectivity index (χ4v) is 5.95. The topological polar surface area (TPSA) is 88.7 Å². The van der Waals surface area contributed by atoms with Gasteiger partial charge in [-0.05, 0) is 79.5 Å². The summed E-state index contributed by atoms with van der Waals surface area (Å²) in [6, 6.07) is 23.5. The monoisotopic (exact) mass is 626 g/mol. The van der Waals surface area contributed by atoms with Gasteiger partial charge in [-0.2, -0.15) is 4.98 Å². The first-order valence-corrected chi connectivity index (χ1v) is 15.9. The third-order valence-electron chi connectivity index (χ3n) is 8.93. The summed E-state index contributed by atoms with van der Waals surface area (Å²) in [5.74, 6) is 1.32. The number of aromatic nitrogens is 3. The lowest BCUT2D eigenvalue weighted by Gasteiger charge is -2.32. The summed E-state index contributed by atoms with van der Waals surface area (Å²) in [5.41, 5.74) is 9.05. The number of benzene rings is 3. The predicted molar refractivity (Wildman–Crippen MR) is 185 cm³/mol. The van der Waals surface area contributed by atoms with Crippen LogP contribution in [0.1, 0.15) is 27.0 Å². The molecule has 0 unspecified atom stereocenters. The van der Waals surface area contributed by atoms with Gasteiger partial charge in [-0.25, -0.2) is 4.98 Å². The second kappa shape index (κ2) is 12.9. The van der Waals surface area contributed by atoms with Gasteiger partial charge in [0.2, 0.25) is 5.88 Å². The molecule has 7 rings (SSSR count). The van der Waals surface area contributed by atoms with E-state index in [9.17, 15) is 4.79 Å². The SMILES string of the molecule is Cc1cc(NC(=O)c2ccc(C)c(Oc3nc(-c4ccc(-c5ccoc5)cc4)nc4ccn(C)c34)c2)ccc1CN1CCN(C)CC1. The van der Waals surface area contributed by atoms with Crippen molar-refractivity contribution < 1.29 is 13.9 Å². The van der Waals surface area contributed by atoms with Crippen LogP contribution in [0.2, 0.25) is 0 Å². The van der Waals surface area contributed by atoms with Gasteiger partial charge in [-0.15, -0.1) is 0 Å². The molecule has 1 aliphatic heterocycles. The average Bonchev–Trinajstić information content (AvgIpc) is 3.75. The number of likely N-dealkylation sites (N-methyl/N-ethyl adjacent to an activating group) is 1. The summed E-state index contributed by atoms with van der Waals surface area (Å²) in [6.45, 7) is 9.29. The number of nitrogens with one attached hydrogen (secondary N) is 1. The molecule has 1 aliphatic rings. The lowest BCUT2D eigenvalue weighted by atomic mass is 10.1. The number of ether oxygens (including phenoxy) is 1. The number of hydrogen-bond donors (Lipinski definition) is 1. The quantitative estimate of drug-likeness (QED) is 0.190. The molecule has 4 heterocycles. The molecule has 0 atom stereocenters. The van der Waals surface area contributed by atoms with Crippen molar-refractivity contribution in [1.82, 2.24) is 24.3 Å². The fourth-order valence-electron chi connectivity index (χ4n) is 5.95. The van der Waals surface area contributed by atoms with Crippen LogP contribution in [0.25, 0.3) is 33.5 Å². The van der Waals surface area contributed by atoms with Gasteiger partial charge in [0.25, 0.3) is 5.91 Å². The number of carbonyl (C=O) groups is 1. The summed E-state index contributed by atoms with van der Waals surface area (Å²) in [6.07, 6.45) is 5.32. The lowest BCUT2D eigenvalue weighted by Crippen LogP contribution is -2.43. The van der Waals surface area contributed by atoms with Gasteiger partial charge in [-0.1, -0.05) is 36.4 Å². The molecule has 0 saturated carbocycles. The highest BCUT2D eigenvalue weighted by Gasteiger charge is 2.18. The van der Waals surface area contributed by atoms with Gasteiger partial charge in [0.05, 0.1) is 18.0 Å². The predicted octanol–water partition coefficient (Wildman–Crippen LogP) is 7.30. The number of nitrogens with zero attached hydrogens (tertiary/aromatic N) is 5. The second-order valence-corrected chi connectivity index (χ2v) is 12.4. The van der Waals surface area contributed by atoms with Crippen LogP contribution in [0.4, 0.5) is 5.69 Å². The molecule has 3 aromatic heterocycles. The zero-order valence-corrected chi connectivity index (χ0v) is 27.2. The van der Waals surface area contributed by atoms with Gasteiger partial charge in [0.1, 0.15) is 11.3 Å². The van der Waals surface area contributed by atoms with E-state index in [1.54, 1.807) is 18.6 Å². The van der Waals surface area contributed by atoms with Crippen LogP contribution in [0.5, 0.6) is 11.6 Å². The van der Waals surface area contributed by atoms with Crippen molar-refractivity contribution in [2.75, 3.05) is 38.5 Å². The van der Waals surface area contributed by atoms with Crippen LogP contribution in [-0.4, -0.2) is 63.5 Å². The first-order chi connectivity index (χ1) is 22.8. The summed E-state index contributed by atoms with van der Waals surface area (Å²) in [4.78, 5) is 28.0. The molecule has 0 bridgehead atoms. The van der Waals surface area contributed by atoms with Crippen LogP contribution >= 0.6 is 0 Å². The number of hydrogen-bond acceptors (Lipinski definition) is 7. The number of carbonyl (C=O) groups excluding carboxylic acids is 1. The van der Waals surface area contributed by atoms with Crippen molar-refractivity contribution in [3.05, 3.63) is 114 Å². The molecule has 3 aromatic carbocycles. The number of piperazine rings is 1. The van der Waals surface area contributed by atoms with Crippen LogP contribution in [0.15, 0.2) is 95.9 Å². The van der Waals surface area contributed by atoms with Crippen molar-refractivity contribution in [3.8, 4) is 34.1 Å². The van der Waals surface area contributed by atoms with Crippen molar-refractivity contribution in [1.29, 1.82) is 0 Å². The van der Waals surface area contributed by atoms with E-state index in [-0.39, 0.29) is 5.91 Å². The Morgan fingerprint density at radius 2 is 1.64 bits per heavy atom. The number of aryl methyl sites for hydroxylation is 3. The van der Waals surface area contributed by atoms with E-state index in [0.717, 1.165) is 77.3 Å². The summed E-state index contributed by atoms with van der Waals surface area (Å²) in [5, 5.41) is 3.08. The number of furan rings is 1. The first-order valence-electron chi connectivity index (χ1n) is 15.9. The Labute approximate surface area is 274 Å². The average molecular weight is 627 g/mol. The fraction of sp³-hybridized carbons (Fsp3) is 0.237. The molecule has 47 heavy (non-hydrogen) atoms. The highest BCUT2D eigenvalue weighted by molar-refractivity contribution is 6.04. The van der Waals surface area contributed by atoms with Gasteiger partial charge >= 0.3 is 0 Å². The molecule has 0 radical (unpaired) electrons. The second-order valence-electron chi connectivity index (χ2n) is 12.4. The van der Waals surface area contributed by atoms with Crippen LogP contribution < -0.4 is 10.1 Å². The highest BCUT2D eigenvalue weighted by atomic mass is 16.5. The molecule has 1 amide bonds. The minimum atomic E-state index is -0.203. The Morgan fingerprint density at radius 1 is 0.851 bits per heavy atom.